The highest BCUT2D eigenvalue weighted by Crippen LogP contribution is 1.70. The Bertz CT molecular complexity index is 74.8. The van der Waals surface area contributed by atoms with Crippen molar-refractivity contribution in [1.29, 1.82) is 10.5 Å². The van der Waals surface area contributed by atoms with Crippen molar-refractivity contribution < 1.29 is 0 Å². The van der Waals surface area contributed by atoms with Crippen LogP contribution in [0.1, 0.15) is 0 Å². The van der Waals surface area contributed by atoms with Crippen molar-refractivity contribution >= 4 is 11.8 Å². The van der Waals surface area contributed by atoms with Crippen LogP contribution in [-0.4, -0.2) is 12.5 Å². The summed E-state index contributed by atoms with van der Waals surface area (Å²) in [6.07, 6.45) is 4.08. The van der Waals surface area contributed by atoms with Gasteiger partial charge in [0.1, 0.15) is 0 Å². The Hall–Kier alpha value is -0.670. The Morgan fingerprint density at radius 1 is 1.14 bits per heavy atom. The molecule has 0 aliphatic rings. The summed E-state index contributed by atoms with van der Waals surface area (Å²) in [6.45, 7) is 0. The molecule has 0 fully saturated rings. The number of thioether (sulfide) groups is 1. The third-order valence-electron chi connectivity index (χ3n) is 0.0500. The van der Waals surface area contributed by atoms with Gasteiger partial charge in [0.05, 0.1) is 0 Å². The number of nitrogens with zero attached hydrogens (tertiary/aromatic N) is 2. The normalized spacial score (nSPS) is 4.00. The summed E-state index contributed by atoms with van der Waals surface area (Å²) in [5.41, 5.74) is 0. The molecule has 0 bridgehead atoms. The molecule has 38 valence electrons. The van der Waals surface area contributed by atoms with Gasteiger partial charge in [0.15, 0.2) is 12.1 Å². The SMILES string of the molecule is CSC.N#CC#N. The molecule has 0 unspecified atom stereocenters. The lowest BCUT2D eigenvalue weighted by molar-refractivity contribution is 1.49. The van der Waals surface area contributed by atoms with Gasteiger partial charge in [-0.25, -0.2) is 0 Å². The average molecular weight is 114 g/mol. The second kappa shape index (κ2) is 18.4. The maximum atomic E-state index is 7.26. The maximum absolute atomic E-state index is 7.26. The Kier molecular flexibility index (Phi) is 25.2. The maximum Gasteiger partial charge on any atom is 0.181 e. The molecule has 0 aliphatic carbocycles. The van der Waals surface area contributed by atoms with Gasteiger partial charge < -0.3 is 0 Å². The van der Waals surface area contributed by atoms with Crippen LogP contribution in [0.25, 0.3) is 0 Å². The van der Waals surface area contributed by atoms with Gasteiger partial charge in [-0.3, -0.25) is 0 Å². The largest absolute Gasteiger partial charge is 0.181 e. The van der Waals surface area contributed by atoms with Crippen LogP contribution < -0.4 is 0 Å². The van der Waals surface area contributed by atoms with Crippen LogP contribution in [0.5, 0.6) is 0 Å². The summed E-state index contributed by atoms with van der Waals surface area (Å²) in [5, 5.41) is 14.5. The van der Waals surface area contributed by atoms with Gasteiger partial charge in [0, 0.05) is 0 Å². The van der Waals surface area contributed by atoms with E-state index in [1.54, 1.807) is 11.8 Å². The van der Waals surface area contributed by atoms with E-state index < -0.39 is 0 Å². The highest BCUT2D eigenvalue weighted by molar-refractivity contribution is 7.97. The first-order chi connectivity index (χ1) is 3.33. The van der Waals surface area contributed by atoms with Crippen molar-refractivity contribution in [3.8, 4) is 12.1 Å². The molecule has 0 radical (unpaired) electrons. The molecule has 0 aliphatic heterocycles. The van der Waals surface area contributed by atoms with Crippen molar-refractivity contribution in [2.45, 2.75) is 0 Å². The van der Waals surface area contributed by atoms with Crippen LogP contribution in [0, 0.1) is 22.7 Å². The van der Waals surface area contributed by atoms with Gasteiger partial charge >= 0.3 is 0 Å². The van der Waals surface area contributed by atoms with E-state index in [4.69, 9.17) is 10.5 Å². The first kappa shape index (κ1) is 9.59. The lowest BCUT2D eigenvalue weighted by Crippen LogP contribution is -1.26. The Balaban J connectivity index is 0. The number of hydrogen-bond acceptors (Lipinski definition) is 3. The van der Waals surface area contributed by atoms with E-state index in [2.05, 4.69) is 0 Å². The van der Waals surface area contributed by atoms with Crippen molar-refractivity contribution in [1.82, 2.24) is 0 Å². The van der Waals surface area contributed by atoms with Gasteiger partial charge in [-0.05, 0) is 12.5 Å². The van der Waals surface area contributed by atoms with Crippen LogP contribution in [0.3, 0.4) is 0 Å². The zero-order valence-electron chi connectivity index (χ0n) is 4.30. The predicted octanol–water partition coefficient (Wildman–Crippen LogP) is 1.01. The Morgan fingerprint density at radius 2 is 1.29 bits per heavy atom. The third kappa shape index (κ3) is 543. The first-order valence-electron chi connectivity index (χ1n) is 1.51. The van der Waals surface area contributed by atoms with Gasteiger partial charge in [0.2, 0.25) is 0 Å². The van der Waals surface area contributed by atoms with Crippen molar-refractivity contribution in [2.75, 3.05) is 12.5 Å². The topological polar surface area (TPSA) is 47.6 Å². The van der Waals surface area contributed by atoms with Crippen molar-refractivity contribution in [3.63, 3.8) is 0 Å². The molecular weight excluding hydrogens is 108 g/mol. The average Bonchev–Trinajstić information content (AvgIpc) is 1.69. The molecule has 0 aromatic heterocycles. The van der Waals surface area contributed by atoms with E-state index in [1.807, 2.05) is 12.5 Å². The van der Waals surface area contributed by atoms with Gasteiger partial charge in [-0.15, -0.1) is 0 Å². The minimum atomic E-state index is 1.24. The fourth-order valence-corrected chi connectivity index (χ4v) is 0. The first-order valence-corrected chi connectivity index (χ1v) is 3.15. The molecular formula is C4H6N2S. The molecule has 0 spiro atoms. The monoisotopic (exact) mass is 114 g/mol. The Morgan fingerprint density at radius 3 is 1.29 bits per heavy atom. The number of rotatable bonds is 0. The molecule has 0 heterocycles. The third-order valence-corrected chi connectivity index (χ3v) is 0.0500. The minimum absolute atomic E-state index is 1.24. The van der Waals surface area contributed by atoms with Crippen LogP contribution in [-0.2, 0) is 0 Å². The molecule has 0 atom stereocenters. The molecule has 0 amide bonds. The summed E-state index contributed by atoms with van der Waals surface area (Å²) in [5.74, 6) is 0. The second-order valence-electron chi connectivity index (χ2n) is 0.632. The lowest BCUT2D eigenvalue weighted by atomic mass is 10.9. The quantitative estimate of drug-likeness (QED) is 0.472. The van der Waals surface area contributed by atoms with Gasteiger partial charge in [-0.2, -0.15) is 22.3 Å². The predicted molar refractivity (Wildman–Crippen MR) is 30.7 cm³/mol. The Labute approximate surface area is 47.7 Å². The second-order valence-corrected chi connectivity index (χ2v) is 1.45. The van der Waals surface area contributed by atoms with Crippen LogP contribution >= 0.6 is 11.8 Å². The summed E-state index contributed by atoms with van der Waals surface area (Å²) in [6, 6.07) is 2.47. The van der Waals surface area contributed by atoms with Crippen molar-refractivity contribution in [2.24, 2.45) is 0 Å². The van der Waals surface area contributed by atoms with Gasteiger partial charge in [-0.1, -0.05) is 0 Å². The highest BCUT2D eigenvalue weighted by atomic mass is 32.2. The zero-order chi connectivity index (χ0) is 6.12. The number of hydrogen-bond donors (Lipinski definition) is 0. The molecule has 0 aromatic rings. The molecule has 7 heavy (non-hydrogen) atoms. The summed E-state index contributed by atoms with van der Waals surface area (Å²) in [4.78, 5) is 0. The molecule has 0 aromatic carbocycles. The van der Waals surface area contributed by atoms with Crippen LogP contribution in [0.4, 0.5) is 0 Å². The lowest BCUT2D eigenvalue weighted by Gasteiger charge is -1.51. The molecule has 0 saturated heterocycles. The van der Waals surface area contributed by atoms with Crippen LogP contribution in [0.2, 0.25) is 0 Å². The molecule has 3 heteroatoms. The standard InChI is InChI=1S/C2N2.C2H6S/c3-1-2-4;1-3-2/h;1-2H3. The van der Waals surface area contributed by atoms with E-state index in [0.717, 1.165) is 0 Å². The van der Waals surface area contributed by atoms with E-state index >= 15 is 0 Å². The smallest absolute Gasteiger partial charge is 0.181 e. The molecule has 0 saturated carbocycles. The van der Waals surface area contributed by atoms with E-state index in [1.165, 1.54) is 12.1 Å². The number of nitriles is 2. The van der Waals surface area contributed by atoms with E-state index in [-0.39, 0.29) is 0 Å². The fourth-order valence-electron chi connectivity index (χ4n) is 0. The van der Waals surface area contributed by atoms with E-state index in [0.29, 0.717) is 0 Å². The molecule has 0 N–H and O–H groups in total. The summed E-state index contributed by atoms with van der Waals surface area (Å²) in [7, 11) is 0. The zero-order valence-corrected chi connectivity index (χ0v) is 5.12. The molecule has 0 rings (SSSR count). The summed E-state index contributed by atoms with van der Waals surface area (Å²) >= 11 is 1.75. The van der Waals surface area contributed by atoms with Crippen molar-refractivity contribution in [3.05, 3.63) is 0 Å². The summed E-state index contributed by atoms with van der Waals surface area (Å²) < 4.78 is 0. The van der Waals surface area contributed by atoms with Crippen LogP contribution in [0.15, 0.2) is 0 Å². The molecule has 2 nitrogen and oxygen atoms in total. The minimum Gasteiger partial charge on any atom is -0.181 e. The van der Waals surface area contributed by atoms with E-state index in [9.17, 15) is 0 Å². The van der Waals surface area contributed by atoms with Gasteiger partial charge in [0.25, 0.3) is 0 Å². The highest BCUT2D eigenvalue weighted by Gasteiger charge is 1.39. The fraction of sp³-hybridized carbons (Fsp3) is 0.500.